The molecule has 0 aliphatic heterocycles. The van der Waals surface area contributed by atoms with Gasteiger partial charge >= 0.3 is 0 Å². The molecule has 0 radical (unpaired) electrons. The zero-order chi connectivity index (χ0) is 26.3. The molecule has 0 saturated heterocycles. The Morgan fingerprint density at radius 3 is 1.68 bits per heavy atom. The third-order valence-electron chi connectivity index (χ3n) is 8.11. The largest absolute Gasteiger partial charge is 0.208 e. The highest BCUT2D eigenvalue weighted by Gasteiger charge is 2.39. The molecule has 37 heavy (non-hydrogen) atoms. The quantitative estimate of drug-likeness (QED) is 0.148. The van der Waals surface area contributed by atoms with E-state index in [1.807, 2.05) is 54.6 Å². The van der Waals surface area contributed by atoms with Gasteiger partial charge in [-0.05, 0) is 29.5 Å². The molecular weight excluding hydrogens is 458 g/mol. The molecule has 1 aliphatic carbocycles. The first-order valence-electron chi connectivity index (χ1n) is 15.0. The lowest BCUT2D eigenvalue weighted by Crippen LogP contribution is -2.24. The average molecular weight is 507 g/mol. The van der Waals surface area contributed by atoms with Gasteiger partial charge in [-0.25, -0.2) is 8.78 Å². The summed E-state index contributed by atoms with van der Waals surface area (Å²) in [6.07, 6.45) is 21.0. The Kier molecular flexibility index (Phi) is 12.6. The van der Waals surface area contributed by atoms with E-state index in [2.05, 4.69) is 26.0 Å². The lowest BCUT2D eigenvalue weighted by molar-refractivity contribution is 0.267. The molecule has 0 N–H and O–H groups in total. The molecule has 0 bridgehead atoms. The monoisotopic (exact) mass is 506 g/mol. The molecule has 0 amide bonds. The number of rotatable bonds is 17. The second kappa shape index (κ2) is 15.9. The van der Waals surface area contributed by atoms with Crippen LogP contribution in [-0.4, -0.2) is 0 Å². The molecule has 3 rings (SSSR count). The van der Waals surface area contributed by atoms with Crippen molar-refractivity contribution >= 4 is 0 Å². The Morgan fingerprint density at radius 1 is 0.595 bits per heavy atom. The standard InChI is InChI=1S/C35H48F2/c1-3-5-7-8-9-10-11-12-13-18-27-35(26-17-6-4-2)28-25-32(33(36)34(35)37)31-23-21-30(22-24-31)29-19-15-14-16-20-29/h14-16,19-25,28,32H,3-13,17-18,26-27H2,1-2H3. The number of allylic oxidation sites excluding steroid dienone is 4. The van der Waals surface area contributed by atoms with E-state index < -0.39 is 23.0 Å². The van der Waals surface area contributed by atoms with Crippen molar-refractivity contribution in [1.82, 2.24) is 0 Å². The normalized spacial score (nSPS) is 19.5. The van der Waals surface area contributed by atoms with Gasteiger partial charge in [-0.1, -0.05) is 164 Å². The minimum Gasteiger partial charge on any atom is -0.208 e. The van der Waals surface area contributed by atoms with Gasteiger partial charge in [-0.15, -0.1) is 0 Å². The van der Waals surface area contributed by atoms with Crippen LogP contribution in [0.3, 0.4) is 0 Å². The van der Waals surface area contributed by atoms with Crippen LogP contribution in [0, 0.1) is 5.41 Å². The molecule has 2 aromatic carbocycles. The second-order valence-corrected chi connectivity index (χ2v) is 11.0. The first-order chi connectivity index (χ1) is 18.1. The lowest BCUT2D eigenvalue weighted by atomic mass is 9.71. The average Bonchev–Trinajstić information content (AvgIpc) is 2.93. The Morgan fingerprint density at radius 2 is 1.08 bits per heavy atom. The lowest BCUT2D eigenvalue weighted by Gasteiger charge is -2.34. The first kappa shape index (κ1) is 29.3. The van der Waals surface area contributed by atoms with Crippen LogP contribution >= 0.6 is 0 Å². The van der Waals surface area contributed by atoms with Crippen molar-refractivity contribution < 1.29 is 8.78 Å². The van der Waals surface area contributed by atoms with Gasteiger partial charge in [0, 0.05) is 5.41 Å². The van der Waals surface area contributed by atoms with E-state index in [1.165, 1.54) is 51.4 Å². The molecule has 0 saturated carbocycles. The van der Waals surface area contributed by atoms with E-state index in [-0.39, 0.29) is 0 Å². The maximum atomic E-state index is 15.8. The summed E-state index contributed by atoms with van der Waals surface area (Å²) in [7, 11) is 0. The van der Waals surface area contributed by atoms with Crippen LogP contribution in [0.4, 0.5) is 8.78 Å². The van der Waals surface area contributed by atoms with E-state index in [4.69, 9.17) is 0 Å². The van der Waals surface area contributed by atoms with Crippen molar-refractivity contribution in [1.29, 1.82) is 0 Å². The Balaban J connectivity index is 1.60. The fraction of sp³-hybridized carbons (Fsp3) is 0.543. The highest BCUT2D eigenvalue weighted by molar-refractivity contribution is 5.63. The molecule has 2 heteroatoms. The van der Waals surface area contributed by atoms with Gasteiger partial charge in [0.2, 0.25) is 0 Å². The third-order valence-corrected chi connectivity index (χ3v) is 8.11. The molecule has 0 fully saturated rings. The molecular formula is C35H48F2. The summed E-state index contributed by atoms with van der Waals surface area (Å²) in [6.45, 7) is 4.41. The molecule has 0 aromatic heterocycles. The van der Waals surface area contributed by atoms with Gasteiger partial charge in [0.15, 0.2) is 0 Å². The van der Waals surface area contributed by atoms with Gasteiger partial charge in [0.1, 0.15) is 11.7 Å². The van der Waals surface area contributed by atoms with Crippen molar-refractivity contribution in [2.75, 3.05) is 0 Å². The molecule has 2 unspecified atom stereocenters. The molecule has 0 heterocycles. The SMILES string of the molecule is CCCCCCCCCCCCC1(CCCCC)C=CC(c2ccc(-c3ccccc3)cc2)C(F)=C1F. The summed E-state index contributed by atoms with van der Waals surface area (Å²) in [5, 5.41) is 0. The van der Waals surface area contributed by atoms with Crippen LogP contribution in [0.1, 0.15) is 122 Å². The topological polar surface area (TPSA) is 0 Å². The predicted octanol–water partition coefficient (Wildman–Crippen LogP) is 12.0. The number of halogens is 2. The highest BCUT2D eigenvalue weighted by Crippen LogP contribution is 2.49. The zero-order valence-corrected chi connectivity index (χ0v) is 23.3. The third kappa shape index (κ3) is 8.66. The van der Waals surface area contributed by atoms with Gasteiger partial charge in [0.05, 0.1) is 5.92 Å². The summed E-state index contributed by atoms with van der Waals surface area (Å²) in [4.78, 5) is 0. The molecule has 202 valence electrons. The van der Waals surface area contributed by atoms with Gasteiger partial charge in [0.25, 0.3) is 0 Å². The number of hydrogen-bond donors (Lipinski definition) is 0. The second-order valence-electron chi connectivity index (χ2n) is 11.0. The smallest absolute Gasteiger partial charge is 0.143 e. The molecule has 1 aliphatic rings. The van der Waals surface area contributed by atoms with Crippen molar-refractivity contribution in [3.05, 3.63) is 84.0 Å². The van der Waals surface area contributed by atoms with Gasteiger partial charge < -0.3 is 0 Å². The molecule has 0 spiro atoms. The van der Waals surface area contributed by atoms with Gasteiger partial charge in [-0.3, -0.25) is 0 Å². The van der Waals surface area contributed by atoms with Crippen LogP contribution in [0.15, 0.2) is 78.4 Å². The maximum Gasteiger partial charge on any atom is 0.143 e. The Hall–Kier alpha value is -2.22. The molecule has 0 nitrogen and oxygen atoms in total. The summed E-state index contributed by atoms with van der Waals surface area (Å²) >= 11 is 0. The molecule has 2 atom stereocenters. The minimum atomic E-state index is -0.764. The van der Waals surface area contributed by atoms with E-state index in [0.717, 1.165) is 48.8 Å². The van der Waals surface area contributed by atoms with Crippen molar-refractivity contribution in [2.45, 2.75) is 116 Å². The number of unbranched alkanes of at least 4 members (excludes halogenated alkanes) is 11. The van der Waals surface area contributed by atoms with E-state index in [9.17, 15) is 0 Å². The van der Waals surface area contributed by atoms with Crippen molar-refractivity contribution in [3.8, 4) is 11.1 Å². The van der Waals surface area contributed by atoms with Crippen LogP contribution in [-0.2, 0) is 0 Å². The Bertz CT molecular complexity index is 957. The maximum absolute atomic E-state index is 15.8. The van der Waals surface area contributed by atoms with Crippen LogP contribution in [0.25, 0.3) is 11.1 Å². The van der Waals surface area contributed by atoms with E-state index in [0.29, 0.717) is 12.8 Å². The fourth-order valence-electron chi connectivity index (χ4n) is 5.71. The van der Waals surface area contributed by atoms with Crippen molar-refractivity contribution in [2.24, 2.45) is 5.41 Å². The summed E-state index contributed by atoms with van der Waals surface area (Å²) in [5.41, 5.74) is 2.26. The number of benzene rings is 2. The Labute approximate surface area is 225 Å². The first-order valence-corrected chi connectivity index (χ1v) is 15.0. The fourth-order valence-corrected chi connectivity index (χ4v) is 5.71. The predicted molar refractivity (Wildman–Crippen MR) is 156 cm³/mol. The summed E-state index contributed by atoms with van der Waals surface area (Å²) in [6, 6.07) is 18.0. The van der Waals surface area contributed by atoms with Crippen LogP contribution in [0.5, 0.6) is 0 Å². The van der Waals surface area contributed by atoms with Crippen LogP contribution < -0.4 is 0 Å². The van der Waals surface area contributed by atoms with Crippen LogP contribution in [0.2, 0.25) is 0 Å². The zero-order valence-electron chi connectivity index (χ0n) is 23.3. The molecule has 2 aromatic rings. The summed E-state index contributed by atoms with van der Waals surface area (Å²) < 4.78 is 31.4. The van der Waals surface area contributed by atoms with E-state index in [1.54, 1.807) is 0 Å². The van der Waals surface area contributed by atoms with Crippen molar-refractivity contribution in [3.63, 3.8) is 0 Å². The van der Waals surface area contributed by atoms with E-state index >= 15 is 8.78 Å². The minimum absolute atomic E-state index is 0.515. The highest BCUT2D eigenvalue weighted by atomic mass is 19.2. The summed E-state index contributed by atoms with van der Waals surface area (Å²) in [5.74, 6) is -1.73. The van der Waals surface area contributed by atoms with Gasteiger partial charge in [-0.2, -0.15) is 0 Å². The number of hydrogen-bond acceptors (Lipinski definition) is 0.